The molecule has 1 saturated heterocycles. The van der Waals surface area contributed by atoms with Crippen LogP contribution >= 0.6 is 0 Å². The highest BCUT2D eigenvalue weighted by Gasteiger charge is 2.30. The summed E-state index contributed by atoms with van der Waals surface area (Å²) in [5.41, 5.74) is 1.21. The molecular formula is C19H27N3O3. The average molecular weight is 345 g/mol. The highest BCUT2D eigenvalue weighted by Crippen LogP contribution is 2.19. The first kappa shape index (κ1) is 17.7. The zero-order valence-electron chi connectivity index (χ0n) is 14.9. The number of amides is 2. The van der Waals surface area contributed by atoms with Crippen molar-refractivity contribution in [2.45, 2.75) is 38.8 Å². The van der Waals surface area contributed by atoms with Crippen molar-refractivity contribution in [2.24, 2.45) is 0 Å². The van der Waals surface area contributed by atoms with E-state index in [2.05, 4.69) is 29.3 Å². The fourth-order valence-corrected chi connectivity index (χ4v) is 2.94. The Morgan fingerprint density at radius 3 is 2.64 bits per heavy atom. The van der Waals surface area contributed by atoms with Gasteiger partial charge in [0.05, 0.1) is 6.61 Å². The number of hydrogen-bond acceptors (Lipinski definition) is 4. The molecule has 1 heterocycles. The lowest BCUT2D eigenvalue weighted by molar-refractivity contribution is -0.147. The zero-order valence-corrected chi connectivity index (χ0v) is 14.9. The van der Waals surface area contributed by atoms with E-state index in [1.165, 1.54) is 5.56 Å². The van der Waals surface area contributed by atoms with Crippen molar-refractivity contribution in [3.63, 3.8) is 0 Å². The average Bonchev–Trinajstić information content (AvgIpc) is 3.44. The number of piperazine rings is 1. The van der Waals surface area contributed by atoms with E-state index in [4.69, 9.17) is 4.74 Å². The molecule has 0 unspecified atom stereocenters. The summed E-state index contributed by atoms with van der Waals surface area (Å²) in [5, 5.41) is 2.77. The maximum atomic E-state index is 12.2. The standard InChI is InChI=1S/C19H27N3O3/c1-2-12-25-17-5-3-4-15(13-17)14-21-8-10-22(11-9-21)19(24)18(23)20-16-6-7-16/h3-5,13,16H,2,6-12,14H2,1H3,(H,20,23). The van der Waals surface area contributed by atoms with Crippen LogP contribution in [-0.2, 0) is 16.1 Å². The molecule has 0 radical (unpaired) electrons. The summed E-state index contributed by atoms with van der Waals surface area (Å²) in [6.07, 6.45) is 2.98. The van der Waals surface area contributed by atoms with Crippen LogP contribution in [0.25, 0.3) is 0 Å². The molecule has 136 valence electrons. The molecule has 6 heteroatoms. The number of nitrogens with zero attached hydrogens (tertiary/aromatic N) is 2. The quantitative estimate of drug-likeness (QED) is 0.792. The van der Waals surface area contributed by atoms with Gasteiger partial charge in [0.25, 0.3) is 0 Å². The van der Waals surface area contributed by atoms with Crippen LogP contribution in [0.3, 0.4) is 0 Å². The number of carbonyl (C=O) groups excluding carboxylic acids is 2. The molecule has 0 aromatic heterocycles. The van der Waals surface area contributed by atoms with Gasteiger partial charge in [-0.2, -0.15) is 0 Å². The lowest BCUT2D eigenvalue weighted by Crippen LogP contribution is -2.52. The molecule has 0 bridgehead atoms. The van der Waals surface area contributed by atoms with Gasteiger partial charge >= 0.3 is 11.8 Å². The van der Waals surface area contributed by atoms with E-state index in [1.54, 1.807) is 4.90 Å². The van der Waals surface area contributed by atoms with Crippen molar-refractivity contribution in [1.82, 2.24) is 15.1 Å². The molecule has 3 rings (SSSR count). The van der Waals surface area contributed by atoms with Gasteiger partial charge in [0, 0.05) is 38.8 Å². The summed E-state index contributed by atoms with van der Waals surface area (Å²) in [7, 11) is 0. The SMILES string of the molecule is CCCOc1cccc(CN2CCN(C(=O)C(=O)NC3CC3)CC2)c1. The number of hydrogen-bond donors (Lipinski definition) is 1. The van der Waals surface area contributed by atoms with Gasteiger partial charge < -0.3 is 15.0 Å². The van der Waals surface area contributed by atoms with E-state index in [0.29, 0.717) is 13.1 Å². The fraction of sp³-hybridized carbons (Fsp3) is 0.579. The first-order valence-electron chi connectivity index (χ1n) is 9.19. The Morgan fingerprint density at radius 1 is 1.20 bits per heavy atom. The third kappa shape index (κ3) is 5.19. The molecule has 2 amide bonds. The van der Waals surface area contributed by atoms with Crippen LogP contribution in [0.5, 0.6) is 5.75 Å². The molecule has 2 fully saturated rings. The second kappa shape index (κ2) is 8.34. The second-order valence-electron chi connectivity index (χ2n) is 6.81. The molecule has 1 aliphatic heterocycles. The van der Waals surface area contributed by atoms with Gasteiger partial charge in [-0.25, -0.2) is 0 Å². The Kier molecular flexibility index (Phi) is 5.91. The molecule has 25 heavy (non-hydrogen) atoms. The molecule has 1 aliphatic carbocycles. The summed E-state index contributed by atoms with van der Waals surface area (Å²) in [6.45, 7) is 6.42. The molecule has 1 saturated carbocycles. The summed E-state index contributed by atoms with van der Waals surface area (Å²) < 4.78 is 5.68. The van der Waals surface area contributed by atoms with Gasteiger partial charge in [0.2, 0.25) is 0 Å². The Balaban J connectivity index is 1.45. The topological polar surface area (TPSA) is 61.9 Å². The normalized spacial score (nSPS) is 18.0. The highest BCUT2D eigenvalue weighted by atomic mass is 16.5. The van der Waals surface area contributed by atoms with Gasteiger partial charge in [-0.05, 0) is 37.0 Å². The van der Waals surface area contributed by atoms with Crippen LogP contribution in [0.1, 0.15) is 31.7 Å². The predicted molar refractivity (Wildman–Crippen MR) is 95.2 cm³/mol. The Hall–Kier alpha value is -2.08. The molecule has 1 aromatic rings. The monoisotopic (exact) mass is 345 g/mol. The van der Waals surface area contributed by atoms with Gasteiger partial charge in [-0.3, -0.25) is 14.5 Å². The van der Waals surface area contributed by atoms with Gasteiger partial charge in [0.15, 0.2) is 0 Å². The van der Waals surface area contributed by atoms with E-state index in [-0.39, 0.29) is 11.9 Å². The molecule has 1 N–H and O–H groups in total. The number of carbonyl (C=O) groups is 2. The third-order valence-electron chi connectivity index (χ3n) is 4.54. The number of nitrogens with one attached hydrogen (secondary N) is 1. The van der Waals surface area contributed by atoms with Gasteiger partial charge in [-0.1, -0.05) is 19.1 Å². The van der Waals surface area contributed by atoms with Crippen molar-refractivity contribution < 1.29 is 14.3 Å². The van der Waals surface area contributed by atoms with Crippen molar-refractivity contribution >= 4 is 11.8 Å². The summed E-state index contributed by atoms with van der Waals surface area (Å²) in [5.74, 6) is 0.0724. The molecule has 0 spiro atoms. The number of benzene rings is 1. The minimum absolute atomic E-state index is 0.222. The van der Waals surface area contributed by atoms with Crippen LogP contribution in [0.2, 0.25) is 0 Å². The number of ether oxygens (including phenoxy) is 1. The Morgan fingerprint density at radius 2 is 1.96 bits per heavy atom. The summed E-state index contributed by atoms with van der Waals surface area (Å²) in [4.78, 5) is 28.0. The number of rotatable bonds is 6. The first-order chi connectivity index (χ1) is 12.2. The van der Waals surface area contributed by atoms with Crippen LogP contribution in [0, 0.1) is 0 Å². The maximum Gasteiger partial charge on any atom is 0.311 e. The third-order valence-corrected chi connectivity index (χ3v) is 4.54. The minimum atomic E-state index is -0.447. The Labute approximate surface area is 149 Å². The highest BCUT2D eigenvalue weighted by molar-refractivity contribution is 6.35. The van der Waals surface area contributed by atoms with Gasteiger partial charge in [-0.15, -0.1) is 0 Å². The van der Waals surface area contributed by atoms with Gasteiger partial charge in [0.1, 0.15) is 5.75 Å². The smallest absolute Gasteiger partial charge is 0.311 e. The van der Waals surface area contributed by atoms with Crippen molar-refractivity contribution in [2.75, 3.05) is 32.8 Å². The van der Waals surface area contributed by atoms with E-state index in [1.807, 2.05) is 12.1 Å². The lowest BCUT2D eigenvalue weighted by atomic mass is 10.2. The summed E-state index contributed by atoms with van der Waals surface area (Å²) >= 11 is 0. The van der Waals surface area contributed by atoms with E-state index in [0.717, 1.165) is 51.3 Å². The largest absolute Gasteiger partial charge is 0.494 e. The lowest BCUT2D eigenvalue weighted by Gasteiger charge is -2.34. The maximum absolute atomic E-state index is 12.2. The predicted octanol–water partition coefficient (Wildman–Crippen LogP) is 1.40. The fourth-order valence-electron chi connectivity index (χ4n) is 2.94. The van der Waals surface area contributed by atoms with E-state index >= 15 is 0 Å². The van der Waals surface area contributed by atoms with Crippen LogP contribution in [-0.4, -0.2) is 60.4 Å². The van der Waals surface area contributed by atoms with Crippen LogP contribution in [0.4, 0.5) is 0 Å². The first-order valence-corrected chi connectivity index (χ1v) is 9.19. The molecule has 1 aromatic carbocycles. The second-order valence-corrected chi connectivity index (χ2v) is 6.81. The van der Waals surface area contributed by atoms with Crippen molar-refractivity contribution in [1.29, 1.82) is 0 Å². The molecule has 6 nitrogen and oxygen atoms in total. The van der Waals surface area contributed by atoms with E-state index in [9.17, 15) is 9.59 Å². The minimum Gasteiger partial charge on any atom is -0.494 e. The van der Waals surface area contributed by atoms with Crippen LogP contribution in [0.15, 0.2) is 24.3 Å². The zero-order chi connectivity index (χ0) is 17.6. The molecular weight excluding hydrogens is 318 g/mol. The molecule has 0 atom stereocenters. The van der Waals surface area contributed by atoms with Crippen molar-refractivity contribution in [3.05, 3.63) is 29.8 Å². The molecule has 2 aliphatic rings. The van der Waals surface area contributed by atoms with Crippen LogP contribution < -0.4 is 10.1 Å². The van der Waals surface area contributed by atoms with Crippen molar-refractivity contribution in [3.8, 4) is 5.75 Å². The Bertz CT molecular complexity index is 608. The summed E-state index contributed by atoms with van der Waals surface area (Å²) in [6, 6.07) is 8.40. The van der Waals surface area contributed by atoms with E-state index < -0.39 is 5.91 Å².